The quantitative estimate of drug-likeness (QED) is 0.815. The lowest BCUT2D eigenvalue weighted by Crippen LogP contribution is -2.35. The molecule has 6 heteroatoms. The Morgan fingerprint density at radius 3 is 2.89 bits per heavy atom. The van der Waals surface area contributed by atoms with E-state index in [1.165, 1.54) is 36.2 Å². The van der Waals surface area contributed by atoms with E-state index in [1.807, 2.05) is 0 Å². The Labute approximate surface area is 160 Å². The molecule has 0 atom stereocenters. The lowest BCUT2D eigenvalue weighted by atomic mass is 9.94. The van der Waals surface area contributed by atoms with Crippen molar-refractivity contribution in [3.05, 3.63) is 40.8 Å². The molecule has 0 N–H and O–H groups in total. The number of hydrogen-bond donors (Lipinski definition) is 0. The zero-order valence-electron chi connectivity index (χ0n) is 16.0. The molecule has 1 fully saturated rings. The van der Waals surface area contributed by atoms with E-state index in [1.54, 1.807) is 18.3 Å². The second kappa shape index (κ2) is 8.10. The van der Waals surface area contributed by atoms with E-state index in [4.69, 9.17) is 15.1 Å². The second-order valence-electron chi connectivity index (χ2n) is 7.70. The number of rotatable bonds is 5. The highest BCUT2D eigenvalue weighted by Gasteiger charge is 2.24. The smallest absolute Gasteiger partial charge is 0.231 e. The SMILES string of the molecule is Cn1nc2c(c1CN1CCC(COc3ncccc3C#N)CC1)CCCC2. The van der Waals surface area contributed by atoms with Gasteiger partial charge in [-0.05, 0) is 75.2 Å². The summed E-state index contributed by atoms with van der Waals surface area (Å²) in [6.07, 6.45) is 8.81. The van der Waals surface area contributed by atoms with Crippen LogP contribution in [0.25, 0.3) is 0 Å². The van der Waals surface area contributed by atoms with Gasteiger partial charge in [-0.3, -0.25) is 9.58 Å². The van der Waals surface area contributed by atoms with Gasteiger partial charge in [-0.25, -0.2) is 4.98 Å². The van der Waals surface area contributed by atoms with Crippen molar-refractivity contribution in [3.63, 3.8) is 0 Å². The molecule has 2 aliphatic rings. The molecule has 1 aliphatic carbocycles. The van der Waals surface area contributed by atoms with Crippen LogP contribution in [0.4, 0.5) is 0 Å². The Balaban J connectivity index is 1.30. The first-order valence-corrected chi connectivity index (χ1v) is 9.98. The van der Waals surface area contributed by atoms with Gasteiger partial charge in [-0.2, -0.15) is 10.4 Å². The van der Waals surface area contributed by atoms with Crippen LogP contribution in [-0.2, 0) is 26.4 Å². The number of nitriles is 1. The number of hydrogen-bond acceptors (Lipinski definition) is 5. The summed E-state index contributed by atoms with van der Waals surface area (Å²) >= 11 is 0. The average molecular weight is 365 g/mol. The number of pyridine rings is 1. The van der Waals surface area contributed by atoms with Crippen LogP contribution >= 0.6 is 0 Å². The standard InChI is InChI=1S/C21H27N5O/c1-25-20(18-6-2-3-7-19(18)24-25)14-26-11-8-16(9-12-26)15-27-21-17(13-22)5-4-10-23-21/h4-5,10,16H,2-3,6-9,11-12,14-15H2,1H3. The monoisotopic (exact) mass is 365 g/mol. The normalized spacial score (nSPS) is 18.1. The van der Waals surface area contributed by atoms with Crippen LogP contribution in [0.3, 0.4) is 0 Å². The topological polar surface area (TPSA) is 67.0 Å². The minimum absolute atomic E-state index is 0.462. The van der Waals surface area contributed by atoms with Gasteiger partial charge in [-0.1, -0.05) is 0 Å². The highest BCUT2D eigenvalue weighted by Crippen LogP contribution is 2.26. The van der Waals surface area contributed by atoms with Crippen molar-refractivity contribution in [2.75, 3.05) is 19.7 Å². The summed E-state index contributed by atoms with van der Waals surface area (Å²) in [4.78, 5) is 6.73. The van der Waals surface area contributed by atoms with Crippen LogP contribution in [0.15, 0.2) is 18.3 Å². The molecule has 0 aromatic carbocycles. The van der Waals surface area contributed by atoms with Gasteiger partial charge in [0.15, 0.2) is 0 Å². The highest BCUT2D eigenvalue weighted by molar-refractivity contribution is 5.37. The Hall–Kier alpha value is -2.39. The van der Waals surface area contributed by atoms with E-state index < -0.39 is 0 Å². The van der Waals surface area contributed by atoms with E-state index in [0.29, 0.717) is 24.0 Å². The summed E-state index contributed by atoms with van der Waals surface area (Å²) in [5, 5.41) is 13.9. The Kier molecular flexibility index (Phi) is 5.40. The maximum absolute atomic E-state index is 9.14. The first-order valence-electron chi connectivity index (χ1n) is 9.98. The maximum Gasteiger partial charge on any atom is 0.231 e. The van der Waals surface area contributed by atoms with Gasteiger partial charge >= 0.3 is 0 Å². The van der Waals surface area contributed by atoms with Crippen molar-refractivity contribution in [1.82, 2.24) is 19.7 Å². The Morgan fingerprint density at radius 1 is 1.26 bits per heavy atom. The van der Waals surface area contributed by atoms with E-state index in [0.717, 1.165) is 38.9 Å². The average Bonchev–Trinajstić information content (AvgIpc) is 3.03. The predicted octanol–water partition coefficient (Wildman–Crippen LogP) is 2.86. The first-order chi connectivity index (χ1) is 13.2. The van der Waals surface area contributed by atoms with Crippen LogP contribution < -0.4 is 4.74 Å². The Morgan fingerprint density at radius 2 is 2.07 bits per heavy atom. The number of fused-ring (bicyclic) bond motifs is 1. The van der Waals surface area contributed by atoms with Crippen molar-refractivity contribution in [1.29, 1.82) is 5.26 Å². The van der Waals surface area contributed by atoms with Crippen LogP contribution in [-0.4, -0.2) is 39.4 Å². The molecule has 0 unspecified atom stereocenters. The van der Waals surface area contributed by atoms with Gasteiger partial charge in [-0.15, -0.1) is 0 Å². The molecule has 1 aliphatic heterocycles. The van der Waals surface area contributed by atoms with Gasteiger partial charge in [0.25, 0.3) is 0 Å². The molecule has 3 heterocycles. The number of piperidine rings is 1. The summed E-state index contributed by atoms with van der Waals surface area (Å²) in [5.74, 6) is 0.985. The number of nitrogens with zero attached hydrogens (tertiary/aromatic N) is 5. The lowest BCUT2D eigenvalue weighted by Gasteiger charge is -2.32. The summed E-state index contributed by atoms with van der Waals surface area (Å²) in [6, 6.07) is 5.66. The molecule has 0 spiro atoms. The van der Waals surface area contributed by atoms with Crippen LogP contribution in [0, 0.1) is 17.2 Å². The minimum atomic E-state index is 0.462. The zero-order valence-corrected chi connectivity index (χ0v) is 16.0. The molecule has 2 aromatic rings. The number of aromatic nitrogens is 3. The molecular weight excluding hydrogens is 338 g/mol. The van der Waals surface area contributed by atoms with Crippen molar-refractivity contribution in [2.24, 2.45) is 13.0 Å². The molecule has 4 rings (SSSR count). The largest absolute Gasteiger partial charge is 0.476 e. The van der Waals surface area contributed by atoms with Crippen molar-refractivity contribution >= 4 is 0 Å². The van der Waals surface area contributed by atoms with Gasteiger partial charge < -0.3 is 4.74 Å². The lowest BCUT2D eigenvalue weighted by molar-refractivity contribution is 0.132. The highest BCUT2D eigenvalue weighted by atomic mass is 16.5. The molecule has 0 saturated carbocycles. The third-order valence-electron chi connectivity index (χ3n) is 5.88. The van der Waals surface area contributed by atoms with Crippen molar-refractivity contribution in [3.8, 4) is 11.9 Å². The van der Waals surface area contributed by atoms with Gasteiger partial charge in [0.1, 0.15) is 11.6 Å². The van der Waals surface area contributed by atoms with Crippen molar-refractivity contribution < 1.29 is 4.74 Å². The molecule has 6 nitrogen and oxygen atoms in total. The third-order valence-corrected chi connectivity index (χ3v) is 5.88. The molecule has 2 aromatic heterocycles. The van der Waals surface area contributed by atoms with Crippen molar-refractivity contribution in [2.45, 2.75) is 45.1 Å². The molecule has 0 bridgehead atoms. The summed E-state index contributed by atoms with van der Waals surface area (Å²) in [7, 11) is 2.09. The number of aryl methyl sites for hydroxylation is 2. The number of ether oxygens (including phenoxy) is 1. The minimum Gasteiger partial charge on any atom is -0.476 e. The first kappa shape index (κ1) is 18.0. The predicted molar refractivity (Wildman–Crippen MR) is 102 cm³/mol. The zero-order chi connectivity index (χ0) is 18.6. The summed E-state index contributed by atoms with van der Waals surface area (Å²) < 4.78 is 7.94. The van der Waals surface area contributed by atoms with Crippen LogP contribution in [0.5, 0.6) is 5.88 Å². The molecule has 27 heavy (non-hydrogen) atoms. The number of likely N-dealkylation sites (tertiary alicyclic amines) is 1. The van der Waals surface area contributed by atoms with E-state index in [9.17, 15) is 0 Å². The van der Waals surface area contributed by atoms with Gasteiger partial charge in [0, 0.05) is 19.8 Å². The van der Waals surface area contributed by atoms with Crippen LogP contribution in [0.1, 0.15) is 48.2 Å². The molecular formula is C21H27N5O. The molecule has 142 valence electrons. The summed E-state index contributed by atoms with van der Waals surface area (Å²) in [5.41, 5.74) is 4.75. The van der Waals surface area contributed by atoms with E-state index in [-0.39, 0.29) is 0 Å². The Bertz CT molecular complexity index is 830. The van der Waals surface area contributed by atoms with Crippen LogP contribution in [0.2, 0.25) is 0 Å². The molecule has 1 saturated heterocycles. The van der Waals surface area contributed by atoms with Gasteiger partial charge in [0.2, 0.25) is 5.88 Å². The maximum atomic E-state index is 9.14. The fourth-order valence-corrected chi connectivity index (χ4v) is 4.26. The third kappa shape index (κ3) is 3.98. The van der Waals surface area contributed by atoms with E-state index in [2.05, 4.69) is 27.7 Å². The van der Waals surface area contributed by atoms with E-state index >= 15 is 0 Å². The second-order valence-corrected chi connectivity index (χ2v) is 7.70. The summed E-state index contributed by atoms with van der Waals surface area (Å²) in [6.45, 7) is 3.81. The molecule has 0 amide bonds. The fraction of sp³-hybridized carbons (Fsp3) is 0.571. The van der Waals surface area contributed by atoms with Gasteiger partial charge in [0.05, 0.1) is 18.0 Å². The molecule has 0 radical (unpaired) electrons. The fourth-order valence-electron chi connectivity index (χ4n) is 4.26.